The predicted molar refractivity (Wildman–Crippen MR) is 82.7 cm³/mol. The summed E-state index contributed by atoms with van der Waals surface area (Å²) in [6.45, 7) is 2.32. The molecule has 2 atom stereocenters. The summed E-state index contributed by atoms with van der Waals surface area (Å²) in [5.41, 5.74) is -5.12. The third-order valence-electron chi connectivity index (χ3n) is 3.64. The number of ether oxygens (including phenoxy) is 1. The van der Waals surface area contributed by atoms with Crippen LogP contribution in [0.25, 0.3) is 0 Å². The second-order valence-electron chi connectivity index (χ2n) is 5.20. The number of aliphatic hydroxyl groups is 1. The monoisotopic (exact) mass is 576 g/mol. The second kappa shape index (κ2) is 5.44. The van der Waals surface area contributed by atoms with Gasteiger partial charge in [0.05, 0.1) is 0 Å². The van der Waals surface area contributed by atoms with Crippen LogP contribution in [-0.4, -0.2) is 42.2 Å². The number of fused-ring (bicyclic) bond motifs is 1. The zero-order chi connectivity index (χ0) is 18.1. The van der Waals surface area contributed by atoms with Crippen LogP contribution in [0.4, 0.5) is 26.3 Å². The van der Waals surface area contributed by atoms with E-state index >= 15 is 0 Å². The molecule has 2 heterocycles. The third-order valence-corrected chi connectivity index (χ3v) is 10.8. The standard InChI is InChI=1S/C10H12F6I2N2O3/c1-3-4(7(22,8(11,12)13)9(14,15)16)23-5(21)6(2,17)10-18(19-10)20-10/h4,19-20,22H,3H2,1-2H3. The van der Waals surface area contributed by atoms with E-state index in [0.717, 1.165) is 6.92 Å². The molecular weight excluding hydrogens is 564 g/mol. The minimum absolute atomic E-state index is 0.721. The number of alkyl halides is 8. The maximum absolute atomic E-state index is 12.9. The number of hydrogen-bond acceptors (Lipinski definition) is 5. The number of esters is 1. The van der Waals surface area contributed by atoms with Crippen molar-refractivity contribution in [1.29, 1.82) is 0 Å². The first-order valence-corrected chi connectivity index (χ1v) is 10.5. The molecule has 2 rings (SSSR count). The van der Waals surface area contributed by atoms with Gasteiger partial charge >= 0.3 is 148 Å². The Morgan fingerprint density at radius 3 is 1.91 bits per heavy atom. The number of nitrogens with one attached hydrogen (secondary N) is 2. The van der Waals surface area contributed by atoms with Crippen molar-refractivity contribution in [3.8, 4) is 0 Å². The molecule has 0 amide bonds. The van der Waals surface area contributed by atoms with Gasteiger partial charge in [-0.1, -0.05) is 0 Å². The first-order valence-electron chi connectivity index (χ1n) is 6.16. The van der Waals surface area contributed by atoms with Crippen LogP contribution in [0.1, 0.15) is 20.3 Å². The van der Waals surface area contributed by atoms with Gasteiger partial charge in [0.25, 0.3) is 0 Å². The summed E-state index contributed by atoms with van der Waals surface area (Å²) in [6, 6.07) is 0. The molecule has 2 fully saturated rings. The Balaban J connectivity index is 2.25. The average Bonchev–Trinajstić information content (AvgIpc) is 3.20. The van der Waals surface area contributed by atoms with Crippen molar-refractivity contribution in [3.63, 3.8) is 0 Å². The molecule has 0 aromatic carbocycles. The molecule has 2 unspecified atom stereocenters. The number of carbonyl (C=O) groups is 1. The molecule has 2 aliphatic heterocycles. The number of carbonyl (C=O) groups excluding carboxylic acids is 1. The molecule has 3 N–H and O–H groups in total. The van der Waals surface area contributed by atoms with Crippen molar-refractivity contribution in [2.45, 2.75) is 51.4 Å². The molecule has 23 heavy (non-hydrogen) atoms. The van der Waals surface area contributed by atoms with E-state index in [1.54, 1.807) is 22.6 Å². The topological polar surface area (TPSA) is 90.4 Å². The van der Waals surface area contributed by atoms with E-state index in [1.807, 2.05) is 0 Å². The van der Waals surface area contributed by atoms with Gasteiger partial charge in [0, 0.05) is 0 Å². The first-order chi connectivity index (χ1) is 10.1. The predicted octanol–water partition coefficient (Wildman–Crippen LogP) is 2.55. The van der Waals surface area contributed by atoms with Gasteiger partial charge in [0.2, 0.25) is 0 Å². The minimum atomic E-state index is -6.04. The van der Waals surface area contributed by atoms with Crippen molar-refractivity contribution in [2.75, 3.05) is 0 Å². The summed E-state index contributed by atoms with van der Waals surface area (Å²) in [6.07, 6.45) is -15.7. The van der Waals surface area contributed by atoms with Crippen LogP contribution in [0, 0.1) is 0 Å². The summed E-state index contributed by atoms with van der Waals surface area (Å²) in [7, 11) is 0. The summed E-state index contributed by atoms with van der Waals surface area (Å²) in [5.74, 6) is -1.24. The summed E-state index contributed by atoms with van der Waals surface area (Å²) in [4.78, 5) is 12.1. The van der Waals surface area contributed by atoms with Crippen LogP contribution >= 0.6 is 43.0 Å². The van der Waals surface area contributed by atoms with Gasteiger partial charge in [-0.3, -0.25) is 0 Å². The van der Waals surface area contributed by atoms with Gasteiger partial charge in [0.15, 0.2) is 0 Å². The van der Waals surface area contributed by atoms with Crippen molar-refractivity contribution in [1.82, 2.24) is 7.06 Å². The SMILES string of the molecule is CCC(OC(=O)C(C)(I)C12NI1N2)C(O)(C(F)(F)F)C(F)(F)F. The number of rotatable bonds is 5. The molecule has 0 saturated carbocycles. The zero-order valence-electron chi connectivity index (χ0n) is 11.6. The molecule has 0 bridgehead atoms. The van der Waals surface area contributed by atoms with E-state index in [0.29, 0.717) is 0 Å². The Hall–Kier alpha value is 0.390. The van der Waals surface area contributed by atoms with Crippen LogP contribution < -0.4 is 7.06 Å². The quantitative estimate of drug-likeness (QED) is 0.0892. The number of hydrogen-bond donors (Lipinski definition) is 3. The number of halogens is 8. The fourth-order valence-electron chi connectivity index (χ4n) is 1.95. The summed E-state index contributed by atoms with van der Waals surface area (Å²) < 4.78 is 85.5. The van der Waals surface area contributed by atoms with Gasteiger partial charge < -0.3 is 0 Å². The van der Waals surface area contributed by atoms with E-state index in [-0.39, 0.29) is 0 Å². The summed E-state index contributed by atoms with van der Waals surface area (Å²) >= 11 is -0.0558. The Labute approximate surface area is 148 Å². The van der Waals surface area contributed by atoms with Gasteiger partial charge in [-0.15, -0.1) is 0 Å². The Morgan fingerprint density at radius 2 is 1.65 bits per heavy atom. The second-order valence-corrected chi connectivity index (χ2v) is 11.7. The van der Waals surface area contributed by atoms with Crippen molar-refractivity contribution >= 4 is 48.9 Å². The fraction of sp³-hybridized carbons (Fsp3) is 0.900. The van der Waals surface area contributed by atoms with E-state index < -0.39 is 63.9 Å². The van der Waals surface area contributed by atoms with E-state index in [4.69, 9.17) is 0 Å². The molecule has 0 aromatic heterocycles. The van der Waals surface area contributed by atoms with Gasteiger partial charge in [-0.05, 0) is 0 Å². The van der Waals surface area contributed by atoms with Crippen molar-refractivity contribution < 1.29 is 41.0 Å². The maximum atomic E-state index is 12.9. The van der Waals surface area contributed by atoms with Gasteiger partial charge in [-0.2, -0.15) is 0 Å². The van der Waals surface area contributed by atoms with E-state index in [1.165, 1.54) is 6.92 Å². The Morgan fingerprint density at radius 1 is 1.26 bits per heavy atom. The fourth-order valence-corrected chi connectivity index (χ4v) is 9.71. The van der Waals surface area contributed by atoms with Crippen molar-refractivity contribution in [3.05, 3.63) is 0 Å². The Bertz CT molecular complexity index is 504. The van der Waals surface area contributed by atoms with Crippen molar-refractivity contribution in [2.24, 2.45) is 0 Å². The Kier molecular flexibility index (Phi) is 4.66. The zero-order valence-corrected chi connectivity index (χ0v) is 15.9. The van der Waals surface area contributed by atoms with Gasteiger partial charge in [0.1, 0.15) is 0 Å². The molecule has 136 valence electrons. The molecule has 13 heteroatoms. The average molecular weight is 576 g/mol. The summed E-state index contributed by atoms with van der Waals surface area (Å²) in [5, 5.41) is 9.34. The molecule has 0 aromatic rings. The molecule has 2 aliphatic rings. The molecular formula is C10H12F6I2N2O3. The third kappa shape index (κ3) is 2.83. The first kappa shape index (κ1) is 19.7. The normalized spacial score (nSPS) is 25.2. The molecule has 0 aliphatic carbocycles. The molecule has 0 radical (unpaired) electrons. The molecule has 5 nitrogen and oxygen atoms in total. The van der Waals surface area contributed by atoms with E-state index in [2.05, 4.69) is 11.8 Å². The van der Waals surface area contributed by atoms with Crippen LogP contribution in [0.15, 0.2) is 0 Å². The molecule has 2 saturated heterocycles. The molecule has 0 spiro atoms. The van der Waals surface area contributed by atoms with Crippen LogP contribution in [0.2, 0.25) is 0 Å². The van der Waals surface area contributed by atoms with Gasteiger partial charge in [-0.25, -0.2) is 0 Å². The van der Waals surface area contributed by atoms with Crippen LogP contribution in [0.5, 0.6) is 0 Å². The van der Waals surface area contributed by atoms with Crippen LogP contribution in [-0.2, 0) is 9.53 Å². The van der Waals surface area contributed by atoms with Crippen LogP contribution in [0.3, 0.4) is 0 Å². The van der Waals surface area contributed by atoms with E-state index in [9.17, 15) is 36.2 Å².